The smallest absolute Gasteiger partial charge is 0.410 e. The molecule has 4 aromatic rings. The molecule has 1 atom stereocenters. The van der Waals surface area contributed by atoms with Crippen molar-refractivity contribution in [2.45, 2.75) is 117 Å². The zero-order chi connectivity index (χ0) is 44.0. The van der Waals surface area contributed by atoms with Crippen molar-refractivity contribution in [3.63, 3.8) is 0 Å². The van der Waals surface area contributed by atoms with Crippen LogP contribution >= 0.6 is 11.3 Å². The second kappa shape index (κ2) is 20.5. The van der Waals surface area contributed by atoms with E-state index in [2.05, 4.69) is 84.0 Å². The second-order valence-electron chi connectivity index (χ2n) is 19.3. The van der Waals surface area contributed by atoms with E-state index >= 15 is 0 Å². The monoisotopic (exact) mass is 867 g/mol. The summed E-state index contributed by atoms with van der Waals surface area (Å²) in [6.45, 7) is 15.4. The summed E-state index contributed by atoms with van der Waals surface area (Å²) in [5, 5.41) is 7.02. The number of aromatic nitrogens is 2. The minimum atomic E-state index is -0.466. The molecule has 2 saturated heterocycles. The van der Waals surface area contributed by atoms with Crippen molar-refractivity contribution in [2.24, 2.45) is 17.8 Å². The van der Waals surface area contributed by atoms with Crippen LogP contribution in [0.4, 0.5) is 10.6 Å². The number of piperidine rings is 2. The van der Waals surface area contributed by atoms with Crippen LogP contribution in [0.3, 0.4) is 0 Å². The molecule has 1 aliphatic carbocycles. The fourth-order valence-corrected chi connectivity index (χ4v) is 10.5. The van der Waals surface area contributed by atoms with Crippen LogP contribution in [0.25, 0.3) is 22.0 Å². The van der Waals surface area contributed by atoms with Crippen LogP contribution in [-0.4, -0.2) is 103 Å². The minimum absolute atomic E-state index is 0.0471. The molecular formula is C50H70N6O5S. The lowest BCUT2D eigenvalue weighted by atomic mass is 9.77. The normalized spacial score (nSPS) is 19.8. The van der Waals surface area contributed by atoms with E-state index in [1.165, 1.54) is 27.1 Å². The van der Waals surface area contributed by atoms with Gasteiger partial charge in [-0.3, -0.25) is 4.79 Å². The number of amides is 2. The highest BCUT2D eigenvalue weighted by Crippen LogP contribution is 2.43. The molecule has 11 nitrogen and oxygen atoms in total. The minimum Gasteiger partial charge on any atom is -0.496 e. The van der Waals surface area contributed by atoms with Gasteiger partial charge in [-0.15, -0.1) is 11.3 Å². The highest BCUT2D eigenvalue weighted by molar-refractivity contribution is 7.10. The van der Waals surface area contributed by atoms with E-state index in [0.717, 1.165) is 126 Å². The van der Waals surface area contributed by atoms with E-state index in [9.17, 15) is 9.59 Å². The zero-order valence-corrected chi connectivity index (χ0v) is 39.3. The summed E-state index contributed by atoms with van der Waals surface area (Å²) in [5.74, 6) is 4.21. The first-order chi connectivity index (χ1) is 29.7. The molecule has 62 heavy (non-hydrogen) atoms. The Morgan fingerprint density at radius 3 is 2.31 bits per heavy atom. The summed E-state index contributed by atoms with van der Waals surface area (Å²) in [6.07, 6.45) is 8.50. The maximum atomic E-state index is 13.8. The average Bonchev–Trinajstić information content (AvgIpc) is 3.75. The number of carbonyl (C=O) groups excluding carboxylic acids is 2. The highest BCUT2D eigenvalue weighted by atomic mass is 32.1. The first kappa shape index (κ1) is 45.8. The third kappa shape index (κ3) is 11.6. The molecule has 2 aromatic heterocycles. The number of rotatable bonds is 14. The third-order valence-corrected chi connectivity index (χ3v) is 14.2. The second-order valence-corrected chi connectivity index (χ2v) is 20.3. The highest BCUT2D eigenvalue weighted by Gasteiger charge is 2.33. The third-order valence-electron chi connectivity index (χ3n) is 13.1. The van der Waals surface area contributed by atoms with Gasteiger partial charge in [-0.05, 0) is 164 Å². The van der Waals surface area contributed by atoms with Gasteiger partial charge in [-0.1, -0.05) is 24.3 Å². The standard InChI is InChI=1S/C50H70N6O5S/c1-33(46-27-40(32-62-46)41-12-10-9-11-39(41)30-54(6)7)51-47-43-28-42(45(59-8)29-44(43)52-34(2)53-47)37-13-15-38(16-14-37)48(57)55-22-17-35(18-23-55)21-26-60-31-36-19-24-56(25-20-36)49(58)61-50(3,4)5/h9-12,27-29,32-33,35-38H,13-26,30-31H2,1-8H3,(H,51,52,53)/t33-,37-,38-/m1/s1. The number of aryl methyl sites for hydroxylation is 1. The molecule has 2 amide bonds. The zero-order valence-electron chi connectivity index (χ0n) is 38.5. The summed E-state index contributed by atoms with van der Waals surface area (Å²) in [6, 6.07) is 15.3. The Hall–Kier alpha value is -4.26. The van der Waals surface area contributed by atoms with Crippen LogP contribution in [-0.2, 0) is 20.8 Å². The van der Waals surface area contributed by atoms with E-state index in [1.807, 2.05) is 32.6 Å². The number of ether oxygens (including phenoxy) is 3. The number of nitrogens with zero attached hydrogens (tertiary/aromatic N) is 5. The van der Waals surface area contributed by atoms with E-state index in [-0.39, 0.29) is 18.1 Å². The predicted molar refractivity (Wildman–Crippen MR) is 250 cm³/mol. The molecule has 2 aliphatic heterocycles. The summed E-state index contributed by atoms with van der Waals surface area (Å²) in [7, 11) is 5.96. The van der Waals surface area contributed by atoms with Gasteiger partial charge in [0.2, 0.25) is 5.91 Å². The summed E-state index contributed by atoms with van der Waals surface area (Å²) < 4.78 is 17.7. The number of hydrogen-bond donors (Lipinski definition) is 1. The lowest BCUT2D eigenvalue weighted by molar-refractivity contribution is -0.138. The number of nitrogens with one attached hydrogen (secondary N) is 1. The van der Waals surface area contributed by atoms with Gasteiger partial charge in [0.25, 0.3) is 0 Å². The van der Waals surface area contributed by atoms with Crippen molar-refractivity contribution in [1.29, 1.82) is 0 Å². The summed E-state index contributed by atoms with van der Waals surface area (Å²) >= 11 is 1.78. The van der Waals surface area contributed by atoms with Gasteiger partial charge < -0.3 is 34.2 Å². The van der Waals surface area contributed by atoms with Gasteiger partial charge in [0.15, 0.2) is 0 Å². The molecule has 2 aromatic carbocycles. The van der Waals surface area contributed by atoms with E-state index in [0.29, 0.717) is 29.5 Å². The molecular weight excluding hydrogens is 797 g/mol. The van der Waals surface area contributed by atoms with Crippen LogP contribution in [0.5, 0.6) is 5.75 Å². The summed E-state index contributed by atoms with van der Waals surface area (Å²) in [4.78, 5) is 43.4. The van der Waals surface area contributed by atoms with Crippen LogP contribution < -0.4 is 10.1 Å². The molecule has 0 spiro atoms. The van der Waals surface area contributed by atoms with E-state index in [1.54, 1.807) is 18.4 Å². The lowest BCUT2D eigenvalue weighted by Crippen LogP contribution is -2.43. The number of thiophene rings is 1. The first-order valence-corrected chi connectivity index (χ1v) is 23.9. The molecule has 0 radical (unpaired) electrons. The van der Waals surface area contributed by atoms with Gasteiger partial charge in [-0.2, -0.15) is 0 Å². The number of carbonyl (C=O) groups is 2. The Labute approximate surface area is 373 Å². The molecule has 1 N–H and O–H groups in total. The quantitative estimate of drug-likeness (QED) is 0.124. The molecule has 1 saturated carbocycles. The van der Waals surface area contributed by atoms with Crippen LogP contribution in [0.1, 0.15) is 119 Å². The maximum Gasteiger partial charge on any atom is 0.410 e. The van der Waals surface area contributed by atoms with Crippen molar-refractivity contribution < 1.29 is 23.8 Å². The number of methoxy groups -OCH3 is 1. The SMILES string of the molecule is COc1cc2nc(C)nc(N[C@H](C)c3cc(-c4ccccc4CN(C)C)cs3)c2cc1[C@H]1CC[C@H](C(=O)N2CCC(CCOCC3CCN(C(=O)OC(C)(C)C)CC3)CC2)CC1. The molecule has 7 rings (SSSR count). The Balaban J connectivity index is 0.890. The molecule has 12 heteroatoms. The van der Waals surface area contributed by atoms with Crippen LogP contribution in [0.2, 0.25) is 0 Å². The fraction of sp³-hybridized carbons (Fsp3) is 0.600. The van der Waals surface area contributed by atoms with Gasteiger partial charge in [-0.25, -0.2) is 14.8 Å². The van der Waals surface area contributed by atoms with Crippen molar-refractivity contribution in [2.75, 3.05) is 65.9 Å². The number of hydrogen-bond acceptors (Lipinski definition) is 10. The average molecular weight is 867 g/mol. The van der Waals surface area contributed by atoms with Crippen molar-refractivity contribution >= 4 is 40.1 Å². The molecule has 3 aliphatic rings. The number of likely N-dealkylation sites (tertiary alicyclic amines) is 2. The molecule has 0 bridgehead atoms. The molecule has 4 heterocycles. The van der Waals surface area contributed by atoms with Crippen LogP contribution in [0.15, 0.2) is 47.8 Å². The van der Waals surface area contributed by atoms with Gasteiger partial charge in [0.1, 0.15) is 23.0 Å². The van der Waals surface area contributed by atoms with Crippen molar-refractivity contribution in [3.05, 3.63) is 69.7 Å². The lowest BCUT2D eigenvalue weighted by Gasteiger charge is -2.36. The molecule has 336 valence electrons. The van der Waals surface area contributed by atoms with E-state index < -0.39 is 5.60 Å². The topological polar surface area (TPSA) is 109 Å². The van der Waals surface area contributed by atoms with Gasteiger partial charge in [0, 0.05) is 68.2 Å². The number of fused-ring (bicyclic) bond motifs is 1. The van der Waals surface area contributed by atoms with Gasteiger partial charge in [0.05, 0.1) is 18.7 Å². The Morgan fingerprint density at radius 1 is 0.919 bits per heavy atom. The number of benzene rings is 2. The molecule has 3 fully saturated rings. The maximum absolute atomic E-state index is 13.8. The Morgan fingerprint density at radius 2 is 1.61 bits per heavy atom. The largest absolute Gasteiger partial charge is 0.496 e. The molecule has 0 unspecified atom stereocenters. The number of anilines is 1. The van der Waals surface area contributed by atoms with Gasteiger partial charge >= 0.3 is 6.09 Å². The predicted octanol–water partition coefficient (Wildman–Crippen LogP) is 10.5. The van der Waals surface area contributed by atoms with Crippen molar-refractivity contribution in [3.8, 4) is 16.9 Å². The Kier molecular flexibility index (Phi) is 15.1. The first-order valence-electron chi connectivity index (χ1n) is 23.0. The summed E-state index contributed by atoms with van der Waals surface area (Å²) in [5.41, 5.74) is 5.42. The van der Waals surface area contributed by atoms with Crippen molar-refractivity contribution in [1.82, 2.24) is 24.7 Å². The van der Waals surface area contributed by atoms with Crippen LogP contribution in [0, 0.1) is 24.7 Å². The fourth-order valence-electron chi connectivity index (χ4n) is 9.63. The van der Waals surface area contributed by atoms with E-state index in [4.69, 9.17) is 24.2 Å². The Bertz CT molecular complexity index is 2130.